The number of nitrogens with one attached hydrogen (secondary N) is 1. The first-order valence-corrected chi connectivity index (χ1v) is 10.8. The van der Waals surface area contributed by atoms with Gasteiger partial charge in [-0.25, -0.2) is 19.4 Å². The lowest BCUT2D eigenvalue weighted by Crippen LogP contribution is -2.52. The predicted molar refractivity (Wildman–Crippen MR) is 124 cm³/mol. The molecule has 0 atom stereocenters. The van der Waals surface area contributed by atoms with Crippen LogP contribution in [0.3, 0.4) is 0 Å². The summed E-state index contributed by atoms with van der Waals surface area (Å²) in [6.07, 6.45) is 3.53. The molecule has 1 fully saturated rings. The first-order chi connectivity index (χ1) is 15.7. The van der Waals surface area contributed by atoms with Crippen LogP contribution in [0.25, 0.3) is 0 Å². The third-order valence-electron chi connectivity index (χ3n) is 5.13. The number of aromatic nitrogens is 2. The second-order valence-corrected chi connectivity index (χ2v) is 7.39. The van der Waals surface area contributed by atoms with Crippen molar-refractivity contribution in [3.05, 3.63) is 78.4 Å². The van der Waals surface area contributed by atoms with Crippen LogP contribution in [0.4, 0.5) is 10.2 Å². The number of hydrogen-bond acceptors (Lipinski definition) is 5. The Morgan fingerprint density at radius 2 is 1.84 bits per heavy atom. The van der Waals surface area contributed by atoms with Crippen molar-refractivity contribution in [1.29, 1.82) is 0 Å². The lowest BCUT2D eigenvalue weighted by atomic mass is 10.2. The fraction of sp³-hybridized carbons (Fsp3) is 0.292. The van der Waals surface area contributed by atoms with Crippen molar-refractivity contribution < 1.29 is 9.13 Å². The Balaban J connectivity index is 1.38. The van der Waals surface area contributed by atoms with Crippen LogP contribution in [0.15, 0.2) is 72.0 Å². The first kappa shape index (κ1) is 21.5. The van der Waals surface area contributed by atoms with Crippen LogP contribution in [-0.4, -0.2) is 53.6 Å². The number of halogens is 1. The zero-order chi connectivity index (χ0) is 22.2. The maximum atomic E-state index is 13.1. The highest BCUT2D eigenvalue weighted by Crippen LogP contribution is 2.20. The molecular weight excluding hydrogens is 407 g/mol. The summed E-state index contributed by atoms with van der Waals surface area (Å²) >= 11 is 0. The smallest absolute Gasteiger partial charge is 0.219 e. The van der Waals surface area contributed by atoms with Crippen LogP contribution < -0.4 is 15.0 Å². The van der Waals surface area contributed by atoms with E-state index in [0.29, 0.717) is 18.2 Å². The van der Waals surface area contributed by atoms with Crippen LogP contribution in [0.5, 0.6) is 11.6 Å². The van der Waals surface area contributed by atoms with Crippen molar-refractivity contribution in [2.24, 2.45) is 4.99 Å². The number of hydrogen-bond donors (Lipinski definition) is 1. The number of anilines is 1. The standard InChI is InChI=1S/C24H27FN6O/c1-2-26-24(31-15-13-30(14-16-31)22-5-3-4-11-27-22)29-18-19-10-12-28-23(17-19)32-21-8-6-20(25)7-9-21/h3-12,17H,2,13-16,18H2,1H3,(H,26,29). The van der Waals surface area contributed by atoms with E-state index >= 15 is 0 Å². The Bertz CT molecular complexity index is 1020. The van der Waals surface area contributed by atoms with Gasteiger partial charge in [0.1, 0.15) is 17.4 Å². The molecule has 0 saturated carbocycles. The number of benzene rings is 1. The highest BCUT2D eigenvalue weighted by Gasteiger charge is 2.20. The number of pyridine rings is 2. The van der Waals surface area contributed by atoms with E-state index in [1.165, 1.54) is 12.1 Å². The van der Waals surface area contributed by atoms with Crippen LogP contribution in [0, 0.1) is 5.82 Å². The Morgan fingerprint density at radius 1 is 1.03 bits per heavy atom. The summed E-state index contributed by atoms with van der Waals surface area (Å²) in [5.74, 6) is 2.60. The molecule has 1 saturated heterocycles. The molecule has 1 N–H and O–H groups in total. The van der Waals surface area contributed by atoms with Gasteiger partial charge in [-0.3, -0.25) is 0 Å². The summed E-state index contributed by atoms with van der Waals surface area (Å²) in [5.41, 5.74) is 0.986. The monoisotopic (exact) mass is 434 g/mol. The zero-order valence-corrected chi connectivity index (χ0v) is 18.1. The Kier molecular flexibility index (Phi) is 7.12. The molecule has 32 heavy (non-hydrogen) atoms. The maximum Gasteiger partial charge on any atom is 0.219 e. The van der Waals surface area contributed by atoms with Gasteiger partial charge in [0.2, 0.25) is 5.88 Å². The van der Waals surface area contributed by atoms with E-state index in [1.807, 2.05) is 36.5 Å². The zero-order valence-electron chi connectivity index (χ0n) is 18.1. The molecule has 0 radical (unpaired) electrons. The lowest BCUT2D eigenvalue weighted by Gasteiger charge is -2.37. The SMILES string of the molecule is CCNC(=NCc1ccnc(Oc2ccc(F)cc2)c1)N1CCN(c2ccccn2)CC1. The molecule has 166 valence electrons. The van der Waals surface area contributed by atoms with Gasteiger partial charge in [-0.05, 0) is 55.0 Å². The van der Waals surface area contributed by atoms with E-state index in [4.69, 9.17) is 9.73 Å². The topological polar surface area (TPSA) is 65.9 Å². The summed E-state index contributed by atoms with van der Waals surface area (Å²) in [6, 6.07) is 15.7. The van der Waals surface area contributed by atoms with Gasteiger partial charge in [0.15, 0.2) is 5.96 Å². The fourth-order valence-electron chi connectivity index (χ4n) is 3.51. The first-order valence-electron chi connectivity index (χ1n) is 10.8. The van der Waals surface area contributed by atoms with Crippen LogP contribution >= 0.6 is 0 Å². The molecule has 0 spiro atoms. The van der Waals surface area contributed by atoms with Crippen molar-refractivity contribution in [1.82, 2.24) is 20.2 Å². The normalized spacial score (nSPS) is 14.4. The minimum Gasteiger partial charge on any atom is -0.439 e. The summed E-state index contributed by atoms with van der Waals surface area (Å²) in [5, 5.41) is 3.40. The largest absolute Gasteiger partial charge is 0.439 e. The lowest BCUT2D eigenvalue weighted by molar-refractivity contribution is 0.371. The molecule has 7 nitrogen and oxygen atoms in total. The molecule has 0 bridgehead atoms. The summed E-state index contributed by atoms with van der Waals surface area (Å²) in [4.78, 5) is 18.1. The van der Waals surface area contributed by atoms with Gasteiger partial charge in [-0.2, -0.15) is 0 Å². The molecule has 2 aromatic heterocycles. The molecular formula is C24H27FN6O. The van der Waals surface area contributed by atoms with E-state index in [2.05, 4.69) is 32.0 Å². The van der Waals surface area contributed by atoms with E-state index < -0.39 is 0 Å². The van der Waals surface area contributed by atoms with E-state index in [-0.39, 0.29) is 5.82 Å². The molecule has 1 aliphatic rings. The molecule has 0 unspecified atom stereocenters. The molecule has 1 aromatic carbocycles. The maximum absolute atomic E-state index is 13.1. The van der Waals surface area contributed by atoms with Gasteiger partial charge >= 0.3 is 0 Å². The van der Waals surface area contributed by atoms with E-state index in [1.54, 1.807) is 18.3 Å². The summed E-state index contributed by atoms with van der Waals surface area (Å²) in [6.45, 7) is 6.91. The summed E-state index contributed by atoms with van der Waals surface area (Å²) < 4.78 is 18.8. The number of guanidine groups is 1. The Morgan fingerprint density at radius 3 is 2.56 bits per heavy atom. The number of aliphatic imine (C=N–C) groups is 1. The minimum atomic E-state index is -0.301. The van der Waals surface area contributed by atoms with E-state index in [9.17, 15) is 4.39 Å². The minimum absolute atomic E-state index is 0.301. The number of ether oxygens (including phenoxy) is 1. The van der Waals surface area contributed by atoms with E-state index in [0.717, 1.165) is 50.1 Å². The van der Waals surface area contributed by atoms with Crippen molar-refractivity contribution in [2.75, 3.05) is 37.6 Å². The average molecular weight is 435 g/mol. The molecule has 3 heterocycles. The predicted octanol–water partition coefficient (Wildman–Crippen LogP) is 3.70. The van der Waals surface area contributed by atoms with Gasteiger partial charge in [0.05, 0.1) is 6.54 Å². The Hall–Kier alpha value is -3.68. The van der Waals surface area contributed by atoms with Crippen molar-refractivity contribution in [3.8, 4) is 11.6 Å². The van der Waals surface area contributed by atoms with Crippen molar-refractivity contribution in [2.45, 2.75) is 13.5 Å². The molecule has 1 aliphatic heterocycles. The highest BCUT2D eigenvalue weighted by molar-refractivity contribution is 5.80. The second-order valence-electron chi connectivity index (χ2n) is 7.39. The van der Waals surface area contributed by atoms with Gasteiger partial charge in [-0.15, -0.1) is 0 Å². The van der Waals surface area contributed by atoms with Crippen molar-refractivity contribution in [3.63, 3.8) is 0 Å². The molecule has 4 rings (SSSR count). The third-order valence-corrected chi connectivity index (χ3v) is 5.13. The molecule has 0 amide bonds. The molecule has 3 aromatic rings. The van der Waals surface area contributed by atoms with Crippen LogP contribution in [0.1, 0.15) is 12.5 Å². The van der Waals surface area contributed by atoms with Gasteiger partial charge in [0.25, 0.3) is 0 Å². The molecule has 0 aliphatic carbocycles. The second kappa shape index (κ2) is 10.6. The number of piperazine rings is 1. The summed E-state index contributed by atoms with van der Waals surface area (Å²) in [7, 11) is 0. The Labute approximate surface area is 187 Å². The molecule has 8 heteroatoms. The van der Waals surface area contributed by atoms with Gasteiger partial charge in [-0.1, -0.05) is 6.07 Å². The van der Waals surface area contributed by atoms with Gasteiger partial charge < -0.3 is 19.9 Å². The average Bonchev–Trinajstić information content (AvgIpc) is 2.84. The van der Waals surface area contributed by atoms with Crippen LogP contribution in [-0.2, 0) is 6.54 Å². The third kappa shape index (κ3) is 5.72. The highest BCUT2D eigenvalue weighted by atomic mass is 19.1. The number of nitrogens with zero attached hydrogens (tertiary/aromatic N) is 5. The van der Waals surface area contributed by atoms with Crippen molar-refractivity contribution >= 4 is 11.8 Å². The van der Waals surface area contributed by atoms with Gasteiger partial charge in [0, 0.05) is 51.2 Å². The van der Waals surface area contributed by atoms with Crippen LogP contribution in [0.2, 0.25) is 0 Å². The number of rotatable bonds is 6. The fourth-order valence-corrected chi connectivity index (χ4v) is 3.51. The quantitative estimate of drug-likeness (QED) is 0.472.